The molecular formula is C24H19N5O2S. The predicted octanol–water partition coefficient (Wildman–Crippen LogP) is 4.34. The lowest BCUT2D eigenvalue weighted by molar-refractivity contribution is 0.304. The minimum atomic E-state index is -0.312. The van der Waals surface area contributed by atoms with Gasteiger partial charge >= 0.3 is 5.69 Å². The molecule has 7 nitrogen and oxygen atoms in total. The van der Waals surface area contributed by atoms with E-state index in [1.54, 1.807) is 7.05 Å². The molecule has 0 saturated carbocycles. The van der Waals surface area contributed by atoms with E-state index in [1.807, 2.05) is 47.8 Å². The fraction of sp³-hybridized carbons (Fsp3) is 0.0833. The van der Waals surface area contributed by atoms with E-state index in [-0.39, 0.29) is 12.3 Å². The van der Waals surface area contributed by atoms with Crippen LogP contribution in [0.4, 0.5) is 0 Å². The Labute approximate surface area is 188 Å². The van der Waals surface area contributed by atoms with E-state index in [2.05, 4.69) is 51.8 Å². The monoisotopic (exact) mass is 441 g/mol. The van der Waals surface area contributed by atoms with Gasteiger partial charge in [-0.2, -0.15) is 9.36 Å². The highest BCUT2D eigenvalue weighted by Crippen LogP contribution is 2.29. The molecule has 3 aromatic carbocycles. The third kappa shape index (κ3) is 3.95. The van der Waals surface area contributed by atoms with Crippen molar-refractivity contribution < 1.29 is 4.74 Å². The van der Waals surface area contributed by atoms with Crippen LogP contribution in [-0.2, 0) is 13.7 Å². The molecule has 2 heterocycles. The Hall–Kier alpha value is -4.04. The van der Waals surface area contributed by atoms with Crippen molar-refractivity contribution in [3.63, 3.8) is 0 Å². The molecule has 0 radical (unpaired) electrons. The molecule has 0 unspecified atom stereocenters. The summed E-state index contributed by atoms with van der Waals surface area (Å²) >= 11 is 1.44. The van der Waals surface area contributed by atoms with Gasteiger partial charge in [-0.15, -0.1) is 0 Å². The van der Waals surface area contributed by atoms with Crippen LogP contribution in [0.3, 0.4) is 0 Å². The van der Waals surface area contributed by atoms with Gasteiger partial charge in [0.05, 0.1) is 11.4 Å². The Morgan fingerprint density at radius 3 is 2.28 bits per heavy atom. The number of hydrogen-bond acceptors (Lipinski definition) is 6. The zero-order valence-electron chi connectivity index (χ0n) is 17.3. The summed E-state index contributed by atoms with van der Waals surface area (Å²) in [5.41, 5.74) is 5.38. The molecule has 0 saturated heterocycles. The Kier molecular flexibility index (Phi) is 5.35. The first-order valence-corrected chi connectivity index (χ1v) is 10.9. The summed E-state index contributed by atoms with van der Waals surface area (Å²) < 4.78 is 8.39. The minimum Gasteiger partial charge on any atom is -0.465 e. The molecule has 0 amide bonds. The molecule has 0 fully saturated rings. The van der Waals surface area contributed by atoms with Crippen molar-refractivity contribution in [2.24, 2.45) is 7.05 Å². The standard InChI is InChI=1S/C24H19N5O2S/c1-28-24(30)29(27-26-28)22-10-6-5-9-20(22)15-31-23-25-21(16-32-23)19-13-11-18(12-14-19)17-7-3-2-4-8-17/h2-14,16H,15H2,1H3. The van der Waals surface area contributed by atoms with E-state index < -0.39 is 0 Å². The van der Waals surface area contributed by atoms with E-state index in [0.717, 1.165) is 22.4 Å². The number of tetrazole rings is 1. The minimum absolute atomic E-state index is 0.263. The van der Waals surface area contributed by atoms with Crippen LogP contribution in [0.25, 0.3) is 28.1 Å². The summed E-state index contributed by atoms with van der Waals surface area (Å²) in [6.45, 7) is 0.263. The summed E-state index contributed by atoms with van der Waals surface area (Å²) in [6.07, 6.45) is 0. The average Bonchev–Trinajstić information content (AvgIpc) is 3.45. The number of rotatable bonds is 6. The number of aromatic nitrogens is 5. The number of aryl methyl sites for hydroxylation is 1. The Balaban J connectivity index is 1.32. The van der Waals surface area contributed by atoms with Crippen LogP contribution in [0.5, 0.6) is 5.19 Å². The van der Waals surface area contributed by atoms with Crippen molar-refractivity contribution in [2.45, 2.75) is 6.61 Å². The quantitative estimate of drug-likeness (QED) is 0.392. The van der Waals surface area contributed by atoms with Gasteiger partial charge in [0.15, 0.2) is 0 Å². The van der Waals surface area contributed by atoms with E-state index >= 15 is 0 Å². The van der Waals surface area contributed by atoms with Crippen LogP contribution in [0, 0.1) is 0 Å². The highest BCUT2D eigenvalue weighted by molar-refractivity contribution is 7.11. The van der Waals surface area contributed by atoms with Crippen molar-refractivity contribution in [2.75, 3.05) is 0 Å². The highest BCUT2D eigenvalue weighted by atomic mass is 32.1. The van der Waals surface area contributed by atoms with E-state index in [1.165, 1.54) is 26.3 Å². The first kappa shape index (κ1) is 19.9. The highest BCUT2D eigenvalue weighted by Gasteiger charge is 2.12. The molecule has 0 aliphatic rings. The fourth-order valence-corrected chi connectivity index (χ4v) is 4.04. The zero-order valence-corrected chi connectivity index (χ0v) is 18.1. The lowest BCUT2D eigenvalue weighted by atomic mass is 10.0. The van der Waals surface area contributed by atoms with E-state index in [9.17, 15) is 4.79 Å². The number of thiazole rings is 1. The maximum Gasteiger partial charge on any atom is 0.368 e. The van der Waals surface area contributed by atoms with Crippen molar-refractivity contribution in [3.8, 4) is 33.3 Å². The molecule has 0 atom stereocenters. The number of hydrogen-bond donors (Lipinski definition) is 0. The molecule has 0 aliphatic heterocycles. The normalized spacial score (nSPS) is 10.9. The molecule has 2 aromatic heterocycles. The first-order chi connectivity index (χ1) is 15.7. The molecular weight excluding hydrogens is 422 g/mol. The van der Waals surface area contributed by atoms with Crippen LogP contribution in [0.15, 0.2) is 89.0 Å². The summed E-state index contributed by atoms with van der Waals surface area (Å²) in [7, 11) is 1.56. The van der Waals surface area contributed by atoms with Gasteiger partial charge < -0.3 is 4.74 Å². The SMILES string of the molecule is Cn1nnn(-c2ccccc2COc2nc(-c3ccc(-c4ccccc4)cc3)cs2)c1=O. The third-order valence-electron chi connectivity index (χ3n) is 5.06. The summed E-state index contributed by atoms with van der Waals surface area (Å²) in [5, 5.41) is 10.2. The van der Waals surface area contributed by atoms with Gasteiger partial charge in [0.2, 0.25) is 0 Å². The molecule has 158 valence electrons. The van der Waals surface area contributed by atoms with Crippen molar-refractivity contribution in [1.29, 1.82) is 0 Å². The van der Waals surface area contributed by atoms with Crippen LogP contribution in [0.2, 0.25) is 0 Å². The molecule has 5 aromatic rings. The van der Waals surface area contributed by atoms with Crippen LogP contribution in [-0.4, -0.2) is 24.8 Å². The second kappa shape index (κ2) is 8.60. The fourth-order valence-electron chi connectivity index (χ4n) is 3.36. The Morgan fingerprint density at radius 2 is 1.53 bits per heavy atom. The summed E-state index contributed by atoms with van der Waals surface area (Å²) in [4.78, 5) is 16.8. The number of nitrogens with zero attached hydrogens (tertiary/aromatic N) is 5. The maximum atomic E-state index is 12.2. The second-order valence-corrected chi connectivity index (χ2v) is 7.98. The predicted molar refractivity (Wildman–Crippen MR) is 124 cm³/mol. The Morgan fingerprint density at radius 1 is 0.844 bits per heavy atom. The van der Waals surface area contributed by atoms with Crippen LogP contribution < -0.4 is 10.4 Å². The lowest BCUT2D eigenvalue weighted by Gasteiger charge is -2.08. The van der Waals surface area contributed by atoms with Gasteiger partial charge in [-0.25, -0.2) is 9.78 Å². The van der Waals surface area contributed by atoms with Crippen LogP contribution >= 0.6 is 11.3 Å². The first-order valence-electron chi connectivity index (χ1n) is 10.0. The van der Waals surface area contributed by atoms with Gasteiger partial charge in [-0.3, -0.25) is 0 Å². The maximum absolute atomic E-state index is 12.2. The topological polar surface area (TPSA) is 74.8 Å². The van der Waals surface area contributed by atoms with Crippen molar-refractivity contribution >= 4 is 11.3 Å². The smallest absolute Gasteiger partial charge is 0.368 e. The lowest BCUT2D eigenvalue weighted by Crippen LogP contribution is -2.23. The van der Waals surface area contributed by atoms with E-state index in [0.29, 0.717) is 10.9 Å². The number of para-hydroxylation sites is 1. The van der Waals surface area contributed by atoms with E-state index in [4.69, 9.17) is 4.74 Å². The van der Waals surface area contributed by atoms with Gasteiger partial charge in [-0.1, -0.05) is 84.1 Å². The van der Waals surface area contributed by atoms with Gasteiger partial charge in [0.25, 0.3) is 5.19 Å². The van der Waals surface area contributed by atoms with Crippen LogP contribution in [0.1, 0.15) is 5.56 Å². The molecule has 5 rings (SSSR count). The molecule has 0 bridgehead atoms. The molecule has 32 heavy (non-hydrogen) atoms. The number of benzene rings is 3. The average molecular weight is 442 g/mol. The third-order valence-corrected chi connectivity index (χ3v) is 5.82. The molecule has 0 aliphatic carbocycles. The number of ether oxygens (including phenoxy) is 1. The largest absolute Gasteiger partial charge is 0.465 e. The van der Waals surface area contributed by atoms with Crippen molar-refractivity contribution in [3.05, 3.63) is 100 Å². The molecule has 0 N–H and O–H groups in total. The van der Waals surface area contributed by atoms with Gasteiger partial charge in [0.1, 0.15) is 6.61 Å². The van der Waals surface area contributed by atoms with Gasteiger partial charge in [0, 0.05) is 23.6 Å². The molecule has 0 spiro atoms. The van der Waals surface area contributed by atoms with Gasteiger partial charge in [-0.05, 0) is 27.6 Å². The van der Waals surface area contributed by atoms with Crippen molar-refractivity contribution in [1.82, 2.24) is 24.8 Å². The summed E-state index contributed by atoms with van der Waals surface area (Å²) in [6, 6.07) is 26.0. The summed E-state index contributed by atoms with van der Waals surface area (Å²) in [5.74, 6) is 0. The second-order valence-electron chi connectivity index (χ2n) is 7.16. The Bertz CT molecular complexity index is 1400. The zero-order chi connectivity index (χ0) is 21.9. The molecule has 8 heteroatoms.